The van der Waals surface area contributed by atoms with E-state index >= 15 is 0 Å². The smallest absolute Gasteiger partial charge is 0.272 e. The molecule has 1 aromatic rings. The van der Waals surface area contributed by atoms with Crippen molar-refractivity contribution in [1.29, 1.82) is 0 Å². The maximum Gasteiger partial charge on any atom is 0.272 e. The molecule has 1 aliphatic carbocycles. The number of rotatable bonds is 2. The normalized spacial score (nSPS) is 16.8. The minimum absolute atomic E-state index is 0.0683. The van der Waals surface area contributed by atoms with E-state index < -0.39 is 0 Å². The summed E-state index contributed by atoms with van der Waals surface area (Å²) in [4.78, 5) is 21.7. The molecule has 1 amide bonds. The summed E-state index contributed by atoms with van der Waals surface area (Å²) >= 11 is 5.69. The molecule has 0 atom stereocenters. The third kappa shape index (κ3) is 2.94. The topological polar surface area (TPSA) is 46.1 Å². The van der Waals surface area contributed by atoms with Gasteiger partial charge in [0, 0.05) is 19.3 Å². The summed E-state index contributed by atoms with van der Waals surface area (Å²) in [5.74, 6) is -0.0683. The molecule has 0 spiro atoms. The molecule has 2 rings (SSSR count). The molecule has 4 nitrogen and oxygen atoms in total. The van der Waals surface area contributed by atoms with E-state index in [1.807, 2.05) is 7.05 Å². The predicted octanol–water partition coefficient (Wildman–Crippen LogP) is 2.53. The molecule has 1 aromatic heterocycles. The van der Waals surface area contributed by atoms with E-state index in [1.54, 1.807) is 11.0 Å². The van der Waals surface area contributed by atoms with Crippen LogP contribution < -0.4 is 0 Å². The van der Waals surface area contributed by atoms with Gasteiger partial charge in [-0.05, 0) is 30.5 Å². The molecule has 0 radical (unpaired) electrons. The molecule has 0 aliphatic heterocycles. The second-order valence-electron chi connectivity index (χ2n) is 4.42. The van der Waals surface area contributed by atoms with Crippen LogP contribution in [0.3, 0.4) is 0 Å². The van der Waals surface area contributed by atoms with E-state index in [-0.39, 0.29) is 11.2 Å². The fraction of sp³-hybridized carbons (Fsp3) is 0.583. The Morgan fingerprint density at radius 1 is 1.41 bits per heavy atom. The van der Waals surface area contributed by atoms with E-state index in [0.29, 0.717) is 11.7 Å². The van der Waals surface area contributed by atoms with Gasteiger partial charge >= 0.3 is 0 Å². The lowest BCUT2D eigenvalue weighted by Crippen LogP contribution is -2.38. The van der Waals surface area contributed by atoms with Gasteiger partial charge in [-0.15, -0.1) is 0 Å². The largest absolute Gasteiger partial charge is 0.337 e. The molecular weight excluding hydrogens is 238 g/mol. The van der Waals surface area contributed by atoms with Crippen molar-refractivity contribution in [3.05, 3.63) is 23.2 Å². The molecule has 0 unspecified atom stereocenters. The van der Waals surface area contributed by atoms with Crippen molar-refractivity contribution in [3.8, 4) is 0 Å². The Bertz CT molecular complexity index is 404. The number of aromatic nitrogens is 2. The maximum atomic E-state index is 12.2. The first-order valence-corrected chi connectivity index (χ1v) is 6.32. The highest BCUT2D eigenvalue weighted by atomic mass is 35.5. The number of carbonyl (C=O) groups excluding carboxylic acids is 1. The van der Waals surface area contributed by atoms with Gasteiger partial charge in [0.05, 0.1) is 0 Å². The number of hydrogen-bond acceptors (Lipinski definition) is 3. The van der Waals surface area contributed by atoms with Gasteiger partial charge in [-0.25, -0.2) is 9.97 Å². The summed E-state index contributed by atoms with van der Waals surface area (Å²) in [5, 5.41) is 0.118. The van der Waals surface area contributed by atoms with Gasteiger partial charge in [-0.1, -0.05) is 19.3 Å². The number of nitrogens with zero attached hydrogens (tertiary/aromatic N) is 3. The van der Waals surface area contributed by atoms with Crippen molar-refractivity contribution in [2.24, 2.45) is 0 Å². The second kappa shape index (κ2) is 5.45. The maximum absolute atomic E-state index is 12.2. The minimum atomic E-state index is -0.0683. The van der Waals surface area contributed by atoms with Crippen LogP contribution in [-0.4, -0.2) is 33.9 Å². The van der Waals surface area contributed by atoms with Crippen molar-refractivity contribution in [2.75, 3.05) is 7.05 Å². The lowest BCUT2D eigenvalue weighted by atomic mass is 9.94. The molecule has 1 aliphatic rings. The highest BCUT2D eigenvalue weighted by Gasteiger charge is 2.23. The van der Waals surface area contributed by atoms with E-state index in [1.165, 1.54) is 25.5 Å². The third-order valence-electron chi connectivity index (χ3n) is 3.29. The molecule has 1 saturated carbocycles. The number of amides is 1. The molecule has 0 bridgehead atoms. The first-order valence-electron chi connectivity index (χ1n) is 5.94. The van der Waals surface area contributed by atoms with Crippen LogP contribution in [0.1, 0.15) is 42.6 Å². The van der Waals surface area contributed by atoms with Crippen molar-refractivity contribution in [3.63, 3.8) is 0 Å². The Hall–Kier alpha value is -1.16. The van der Waals surface area contributed by atoms with Crippen LogP contribution in [-0.2, 0) is 0 Å². The van der Waals surface area contributed by atoms with Crippen molar-refractivity contribution in [1.82, 2.24) is 14.9 Å². The first-order chi connectivity index (χ1) is 8.18. The van der Waals surface area contributed by atoms with Gasteiger partial charge in [-0.3, -0.25) is 4.79 Å². The lowest BCUT2D eigenvalue weighted by Gasteiger charge is -2.30. The number of hydrogen-bond donors (Lipinski definition) is 0. The number of carbonyl (C=O) groups is 1. The van der Waals surface area contributed by atoms with E-state index in [2.05, 4.69) is 9.97 Å². The highest BCUT2D eigenvalue weighted by molar-refractivity contribution is 6.28. The Morgan fingerprint density at radius 2 is 2.12 bits per heavy atom. The zero-order valence-electron chi connectivity index (χ0n) is 9.90. The van der Waals surface area contributed by atoms with Crippen LogP contribution in [0.15, 0.2) is 12.3 Å². The lowest BCUT2D eigenvalue weighted by molar-refractivity contribution is 0.0690. The van der Waals surface area contributed by atoms with E-state index in [0.717, 1.165) is 12.8 Å². The van der Waals surface area contributed by atoms with Crippen molar-refractivity contribution >= 4 is 17.5 Å². The fourth-order valence-electron chi connectivity index (χ4n) is 2.27. The van der Waals surface area contributed by atoms with Gasteiger partial charge in [-0.2, -0.15) is 0 Å². The Morgan fingerprint density at radius 3 is 2.76 bits per heavy atom. The molecule has 17 heavy (non-hydrogen) atoms. The molecule has 1 heterocycles. The average molecular weight is 254 g/mol. The molecule has 0 saturated heterocycles. The minimum Gasteiger partial charge on any atom is -0.337 e. The number of halogens is 1. The fourth-order valence-corrected chi connectivity index (χ4v) is 2.42. The zero-order chi connectivity index (χ0) is 12.3. The van der Waals surface area contributed by atoms with Crippen molar-refractivity contribution < 1.29 is 4.79 Å². The quantitative estimate of drug-likeness (QED) is 0.761. The van der Waals surface area contributed by atoms with Crippen LogP contribution in [0.4, 0.5) is 0 Å². The first kappa shape index (κ1) is 12.3. The Balaban J connectivity index is 2.08. The van der Waals surface area contributed by atoms with E-state index in [4.69, 9.17) is 11.6 Å². The van der Waals surface area contributed by atoms with Gasteiger partial charge < -0.3 is 4.90 Å². The summed E-state index contributed by atoms with van der Waals surface area (Å²) in [6, 6.07) is 1.94. The molecule has 5 heteroatoms. The van der Waals surface area contributed by atoms with Gasteiger partial charge in [0.25, 0.3) is 5.91 Å². The van der Waals surface area contributed by atoms with E-state index in [9.17, 15) is 4.79 Å². The van der Waals surface area contributed by atoms with Crippen LogP contribution in [0, 0.1) is 0 Å². The Labute approximate surface area is 106 Å². The highest BCUT2D eigenvalue weighted by Crippen LogP contribution is 2.22. The summed E-state index contributed by atoms with van der Waals surface area (Å²) in [6.45, 7) is 0. The van der Waals surface area contributed by atoms with Crippen molar-refractivity contribution in [2.45, 2.75) is 38.1 Å². The molecule has 0 aromatic carbocycles. The molecular formula is C12H16ClN3O. The standard InChI is InChI=1S/C12H16ClN3O/c1-16(9-5-3-2-4-6-9)11(17)10-7-8-14-12(13)15-10/h7-9H,2-6H2,1H3. The Kier molecular flexibility index (Phi) is 3.94. The summed E-state index contributed by atoms with van der Waals surface area (Å²) < 4.78 is 0. The predicted molar refractivity (Wildman–Crippen MR) is 66.0 cm³/mol. The monoisotopic (exact) mass is 253 g/mol. The average Bonchev–Trinajstić information content (AvgIpc) is 2.38. The third-order valence-corrected chi connectivity index (χ3v) is 3.47. The van der Waals surface area contributed by atoms with Crippen LogP contribution in [0.5, 0.6) is 0 Å². The van der Waals surface area contributed by atoms with Gasteiger partial charge in [0.15, 0.2) is 0 Å². The second-order valence-corrected chi connectivity index (χ2v) is 4.76. The van der Waals surface area contributed by atoms with Gasteiger partial charge in [0.1, 0.15) is 5.69 Å². The molecule has 0 N–H and O–H groups in total. The SMILES string of the molecule is CN(C(=O)c1ccnc(Cl)n1)C1CCCCC1. The van der Waals surface area contributed by atoms with Crippen LogP contribution in [0.2, 0.25) is 5.28 Å². The summed E-state index contributed by atoms with van der Waals surface area (Å²) in [7, 11) is 1.84. The zero-order valence-corrected chi connectivity index (χ0v) is 10.7. The van der Waals surface area contributed by atoms with Crippen LogP contribution >= 0.6 is 11.6 Å². The molecule has 92 valence electrons. The van der Waals surface area contributed by atoms with Gasteiger partial charge in [0.2, 0.25) is 5.28 Å². The molecule has 1 fully saturated rings. The van der Waals surface area contributed by atoms with Crippen LogP contribution in [0.25, 0.3) is 0 Å². The summed E-state index contributed by atoms with van der Waals surface area (Å²) in [5.41, 5.74) is 0.373. The summed E-state index contributed by atoms with van der Waals surface area (Å²) in [6.07, 6.45) is 7.36.